The van der Waals surface area contributed by atoms with Gasteiger partial charge in [-0.25, -0.2) is 0 Å². The molecule has 0 amide bonds. The molecule has 0 saturated heterocycles. The lowest BCUT2D eigenvalue weighted by molar-refractivity contribution is 0.519. The van der Waals surface area contributed by atoms with Gasteiger partial charge in [0.05, 0.1) is 6.54 Å². The summed E-state index contributed by atoms with van der Waals surface area (Å²) >= 11 is 0. The Morgan fingerprint density at radius 1 is 1.38 bits per heavy atom. The predicted octanol–water partition coefficient (Wildman–Crippen LogP) is 3.21. The van der Waals surface area contributed by atoms with Gasteiger partial charge < -0.3 is 0 Å². The fraction of sp³-hybridized carbons (Fsp3) is 0.750. The smallest absolute Gasteiger partial charge is 0.0606 e. The topological polar surface area (TPSA) is 12.4 Å². The normalized spacial score (nSPS) is 23.0. The molecule has 0 N–H and O–H groups in total. The third-order valence-electron chi connectivity index (χ3n) is 2.92. The minimum absolute atomic E-state index is 0.296. The molecule has 0 aromatic carbocycles. The Labute approximate surface area is 80.9 Å². The third kappa shape index (κ3) is 2.01. The lowest BCUT2D eigenvalue weighted by atomic mass is 9.83. The fourth-order valence-corrected chi connectivity index (χ4v) is 1.99. The minimum atomic E-state index is 0.296. The molecule has 72 valence electrons. The average Bonchev–Trinajstić information content (AvgIpc) is 2.63. The van der Waals surface area contributed by atoms with E-state index in [2.05, 4.69) is 32.0 Å². The Morgan fingerprint density at radius 2 is 2.08 bits per heavy atom. The van der Waals surface area contributed by atoms with Crippen molar-refractivity contribution in [2.24, 2.45) is 16.3 Å². The Balaban J connectivity index is 2.13. The van der Waals surface area contributed by atoms with Gasteiger partial charge in [-0.15, -0.1) is 0 Å². The van der Waals surface area contributed by atoms with Crippen LogP contribution in [0.25, 0.3) is 0 Å². The van der Waals surface area contributed by atoms with Crippen LogP contribution in [0.4, 0.5) is 0 Å². The van der Waals surface area contributed by atoms with E-state index in [1.165, 1.54) is 24.8 Å². The zero-order chi connectivity index (χ0) is 9.47. The molecule has 0 aromatic rings. The highest BCUT2D eigenvalue weighted by Gasteiger charge is 2.28. The second kappa shape index (κ2) is 2.97. The van der Waals surface area contributed by atoms with Gasteiger partial charge in [-0.3, -0.25) is 4.99 Å². The van der Waals surface area contributed by atoms with Crippen molar-refractivity contribution in [3.63, 3.8) is 0 Å². The van der Waals surface area contributed by atoms with Gasteiger partial charge in [-0.1, -0.05) is 20.8 Å². The molecule has 1 aliphatic heterocycles. The summed E-state index contributed by atoms with van der Waals surface area (Å²) in [6, 6.07) is 0. The first kappa shape index (κ1) is 8.98. The van der Waals surface area contributed by atoms with Crippen LogP contribution in [0.5, 0.6) is 0 Å². The molecular weight excluding hydrogens is 158 g/mol. The van der Waals surface area contributed by atoms with E-state index in [0.717, 1.165) is 12.5 Å². The quantitative estimate of drug-likeness (QED) is 0.614. The molecule has 1 heterocycles. The van der Waals surface area contributed by atoms with Gasteiger partial charge in [0.1, 0.15) is 0 Å². The fourth-order valence-electron chi connectivity index (χ4n) is 1.99. The monoisotopic (exact) mass is 177 g/mol. The first-order valence-corrected chi connectivity index (χ1v) is 5.29. The lowest BCUT2D eigenvalue weighted by Gasteiger charge is -2.20. The van der Waals surface area contributed by atoms with Crippen molar-refractivity contribution >= 4 is 6.21 Å². The van der Waals surface area contributed by atoms with Crippen LogP contribution < -0.4 is 0 Å². The van der Waals surface area contributed by atoms with E-state index >= 15 is 0 Å². The van der Waals surface area contributed by atoms with Crippen LogP contribution in [0.15, 0.2) is 16.1 Å². The standard InChI is InChI=1S/C12H19N/c1-12(2,3)11-8-13-7-10(11)6-9-4-5-9/h8-9H,4-7H2,1-3H3. The summed E-state index contributed by atoms with van der Waals surface area (Å²) in [7, 11) is 0. The number of rotatable bonds is 2. The van der Waals surface area contributed by atoms with E-state index in [9.17, 15) is 0 Å². The number of hydrogen-bond donors (Lipinski definition) is 0. The van der Waals surface area contributed by atoms with Crippen LogP contribution in [-0.2, 0) is 0 Å². The van der Waals surface area contributed by atoms with Gasteiger partial charge in [-0.2, -0.15) is 0 Å². The molecular formula is C12H19N. The van der Waals surface area contributed by atoms with Crippen molar-refractivity contribution in [1.29, 1.82) is 0 Å². The molecule has 2 aliphatic rings. The molecule has 2 rings (SSSR count). The summed E-state index contributed by atoms with van der Waals surface area (Å²) in [5, 5.41) is 0. The Bertz CT molecular complexity index is 261. The molecule has 0 atom stereocenters. The summed E-state index contributed by atoms with van der Waals surface area (Å²) in [4.78, 5) is 4.39. The summed E-state index contributed by atoms with van der Waals surface area (Å²) in [5.74, 6) is 0.994. The van der Waals surface area contributed by atoms with E-state index < -0.39 is 0 Å². The Morgan fingerprint density at radius 3 is 2.62 bits per heavy atom. The van der Waals surface area contributed by atoms with Gasteiger partial charge in [0, 0.05) is 6.21 Å². The van der Waals surface area contributed by atoms with Crippen LogP contribution in [0.2, 0.25) is 0 Å². The molecule has 0 radical (unpaired) electrons. The third-order valence-corrected chi connectivity index (χ3v) is 2.92. The van der Waals surface area contributed by atoms with Crippen molar-refractivity contribution in [2.75, 3.05) is 6.54 Å². The summed E-state index contributed by atoms with van der Waals surface area (Å²) in [6.45, 7) is 7.83. The van der Waals surface area contributed by atoms with Gasteiger partial charge in [-0.05, 0) is 41.7 Å². The van der Waals surface area contributed by atoms with Crippen LogP contribution in [0, 0.1) is 11.3 Å². The highest BCUT2D eigenvalue weighted by molar-refractivity contribution is 5.84. The van der Waals surface area contributed by atoms with Crippen LogP contribution in [0.1, 0.15) is 40.0 Å². The number of allylic oxidation sites excluding steroid dienone is 1. The molecule has 1 fully saturated rings. The second-order valence-corrected chi connectivity index (χ2v) is 5.38. The highest BCUT2D eigenvalue weighted by atomic mass is 14.7. The van der Waals surface area contributed by atoms with E-state index in [0.29, 0.717) is 5.41 Å². The van der Waals surface area contributed by atoms with Crippen molar-refractivity contribution in [1.82, 2.24) is 0 Å². The van der Waals surface area contributed by atoms with Gasteiger partial charge in [0.25, 0.3) is 0 Å². The lowest BCUT2D eigenvalue weighted by Crippen LogP contribution is -2.11. The van der Waals surface area contributed by atoms with Crippen LogP contribution >= 0.6 is 0 Å². The largest absolute Gasteiger partial charge is 0.288 e. The molecule has 0 bridgehead atoms. The zero-order valence-electron chi connectivity index (χ0n) is 8.93. The van der Waals surface area contributed by atoms with Crippen molar-refractivity contribution in [3.05, 3.63) is 11.1 Å². The molecule has 13 heavy (non-hydrogen) atoms. The molecule has 1 saturated carbocycles. The van der Waals surface area contributed by atoms with Gasteiger partial charge in [0.15, 0.2) is 0 Å². The predicted molar refractivity (Wildman–Crippen MR) is 57.2 cm³/mol. The molecule has 0 unspecified atom stereocenters. The first-order chi connectivity index (χ1) is 6.07. The Hall–Kier alpha value is -0.590. The van der Waals surface area contributed by atoms with E-state index in [-0.39, 0.29) is 0 Å². The van der Waals surface area contributed by atoms with E-state index in [4.69, 9.17) is 0 Å². The van der Waals surface area contributed by atoms with Gasteiger partial charge >= 0.3 is 0 Å². The van der Waals surface area contributed by atoms with Crippen molar-refractivity contribution in [3.8, 4) is 0 Å². The van der Waals surface area contributed by atoms with Crippen LogP contribution in [0.3, 0.4) is 0 Å². The summed E-state index contributed by atoms with van der Waals surface area (Å²) in [5.41, 5.74) is 3.40. The Kier molecular flexibility index (Phi) is 2.05. The second-order valence-electron chi connectivity index (χ2n) is 5.38. The van der Waals surface area contributed by atoms with E-state index in [1.807, 2.05) is 0 Å². The number of aliphatic imine (C=N–C) groups is 1. The number of hydrogen-bond acceptors (Lipinski definition) is 1. The molecule has 0 aromatic heterocycles. The highest BCUT2D eigenvalue weighted by Crippen LogP contribution is 2.39. The van der Waals surface area contributed by atoms with Crippen molar-refractivity contribution in [2.45, 2.75) is 40.0 Å². The maximum atomic E-state index is 4.39. The maximum Gasteiger partial charge on any atom is 0.0606 e. The van der Waals surface area contributed by atoms with Crippen LogP contribution in [-0.4, -0.2) is 12.8 Å². The van der Waals surface area contributed by atoms with E-state index in [1.54, 1.807) is 5.57 Å². The summed E-state index contributed by atoms with van der Waals surface area (Å²) < 4.78 is 0. The van der Waals surface area contributed by atoms with Gasteiger partial charge in [0.2, 0.25) is 0 Å². The molecule has 0 spiro atoms. The molecule has 1 nitrogen and oxygen atoms in total. The summed E-state index contributed by atoms with van der Waals surface area (Å²) in [6.07, 6.45) is 6.30. The van der Waals surface area contributed by atoms with Crippen molar-refractivity contribution < 1.29 is 0 Å². The maximum absolute atomic E-state index is 4.39. The zero-order valence-corrected chi connectivity index (χ0v) is 8.93. The minimum Gasteiger partial charge on any atom is -0.288 e. The SMILES string of the molecule is CC(C)(C)C1=C(CC2CC2)CN=C1. The average molecular weight is 177 g/mol. The molecule has 1 aliphatic carbocycles. The first-order valence-electron chi connectivity index (χ1n) is 5.29. The molecule has 1 heteroatoms. The number of nitrogens with zero attached hydrogens (tertiary/aromatic N) is 1.